The third kappa shape index (κ3) is 5.51. The van der Waals surface area contributed by atoms with Crippen LogP contribution in [-0.4, -0.2) is 37.4 Å². The molecule has 7 heteroatoms. The molecule has 1 N–H and O–H groups in total. The van der Waals surface area contributed by atoms with Crippen LogP contribution in [0.25, 0.3) is 0 Å². The number of hydrogen-bond donors (Lipinski definition) is 1. The lowest BCUT2D eigenvalue weighted by Crippen LogP contribution is -2.45. The fourth-order valence-corrected chi connectivity index (χ4v) is 3.18. The lowest BCUT2D eigenvalue weighted by Gasteiger charge is -2.36. The van der Waals surface area contributed by atoms with Gasteiger partial charge in [0, 0.05) is 42.3 Å². The van der Waals surface area contributed by atoms with Gasteiger partial charge in [0.25, 0.3) is 0 Å². The summed E-state index contributed by atoms with van der Waals surface area (Å²) in [7, 11) is 0. The Morgan fingerprint density at radius 3 is 2.65 bits per heavy atom. The van der Waals surface area contributed by atoms with E-state index in [1.165, 1.54) is 6.07 Å². The van der Waals surface area contributed by atoms with E-state index in [0.29, 0.717) is 12.0 Å². The van der Waals surface area contributed by atoms with Gasteiger partial charge >= 0.3 is 6.36 Å². The van der Waals surface area contributed by atoms with Crippen LogP contribution in [0.5, 0.6) is 5.75 Å². The van der Waals surface area contributed by atoms with Crippen LogP contribution in [0, 0.1) is 0 Å². The Bertz CT molecular complexity index is 531. The zero-order valence-electron chi connectivity index (χ0n) is 12.7. The zero-order chi connectivity index (χ0) is 16.9. The molecule has 0 aromatic heterocycles. The molecule has 23 heavy (non-hydrogen) atoms. The average Bonchev–Trinajstić information content (AvgIpc) is 2.50. The molecule has 0 amide bonds. The van der Waals surface area contributed by atoms with E-state index in [-0.39, 0.29) is 11.8 Å². The van der Waals surface area contributed by atoms with Crippen LogP contribution < -0.4 is 10.1 Å². The maximum Gasteiger partial charge on any atom is 0.573 e. The maximum absolute atomic E-state index is 12.7. The lowest BCUT2D eigenvalue weighted by molar-refractivity contribution is -0.275. The molecule has 0 aliphatic carbocycles. The van der Waals surface area contributed by atoms with Crippen molar-refractivity contribution in [2.45, 2.75) is 25.2 Å². The molecule has 1 aromatic carbocycles. The summed E-state index contributed by atoms with van der Waals surface area (Å²) in [6.07, 6.45) is -1.48. The third-order valence-corrected chi connectivity index (χ3v) is 4.29. The SMILES string of the molecule is C=CCC[C@H](c1cc(Br)ccc1OC(F)(F)F)N1CCNCC1. The quantitative estimate of drug-likeness (QED) is 0.731. The summed E-state index contributed by atoms with van der Waals surface area (Å²) >= 11 is 3.35. The van der Waals surface area contributed by atoms with Gasteiger partial charge in [-0.2, -0.15) is 0 Å². The summed E-state index contributed by atoms with van der Waals surface area (Å²) in [6.45, 7) is 6.96. The monoisotopic (exact) mass is 392 g/mol. The molecule has 0 radical (unpaired) electrons. The van der Waals surface area contributed by atoms with Gasteiger partial charge < -0.3 is 10.1 Å². The molecular weight excluding hydrogens is 373 g/mol. The van der Waals surface area contributed by atoms with Crippen LogP contribution in [-0.2, 0) is 0 Å². The van der Waals surface area contributed by atoms with Crippen molar-refractivity contribution in [3.8, 4) is 5.75 Å². The van der Waals surface area contributed by atoms with Crippen molar-refractivity contribution >= 4 is 15.9 Å². The van der Waals surface area contributed by atoms with Crippen LogP contribution in [0.1, 0.15) is 24.4 Å². The summed E-state index contributed by atoms with van der Waals surface area (Å²) in [5.74, 6) is -0.131. The highest BCUT2D eigenvalue weighted by atomic mass is 79.9. The van der Waals surface area contributed by atoms with Crippen molar-refractivity contribution in [2.75, 3.05) is 26.2 Å². The molecule has 1 atom stereocenters. The minimum absolute atomic E-state index is 0.131. The van der Waals surface area contributed by atoms with Gasteiger partial charge in [-0.1, -0.05) is 22.0 Å². The van der Waals surface area contributed by atoms with E-state index in [1.807, 2.05) is 0 Å². The first kappa shape index (κ1) is 18.3. The van der Waals surface area contributed by atoms with Crippen molar-refractivity contribution in [3.63, 3.8) is 0 Å². The molecule has 0 unspecified atom stereocenters. The van der Waals surface area contributed by atoms with Crippen LogP contribution in [0.4, 0.5) is 13.2 Å². The highest BCUT2D eigenvalue weighted by Crippen LogP contribution is 2.37. The van der Waals surface area contributed by atoms with E-state index in [4.69, 9.17) is 0 Å². The van der Waals surface area contributed by atoms with Gasteiger partial charge in [0.2, 0.25) is 0 Å². The summed E-state index contributed by atoms with van der Waals surface area (Å²) in [5, 5.41) is 3.26. The normalized spacial score (nSPS) is 17.7. The number of nitrogens with zero attached hydrogens (tertiary/aromatic N) is 1. The molecule has 0 bridgehead atoms. The number of ether oxygens (including phenoxy) is 1. The number of alkyl halides is 3. The minimum atomic E-state index is -4.70. The molecule has 0 spiro atoms. The Kier molecular flexibility index (Phi) is 6.50. The molecule has 1 fully saturated rings. The molecule has 1 saturated heterocycles. The number of piperazine rings is 1. The van der Waals surface area contributed by atoms with Gasteiger partial charge in [-0.05, 0) is 31.0 Å². The van der Waals surface area contributed by atoms with Gasteiger partial charge in [-0.3, -0.25) is 4.90 Å². The molecule has 1 aromatic rings. The Morgan fingerprint density at radius 2 is 2.04 bits per heavy atom. The summed E-state index contributed by atoms with van der Waals surface area (Å²) in [6, 6.07) is 4.52. The smallest absolute Gasteiger partial charge is 0.405 e. The minimum Gasteiger partial charge on any atom is -0.405 e. The van der Waals surface area contributed by atoms with Crippen LogP contribution in [0.3, 0.4) is 0 Å². The molecule has 0 saturated carbocycles. The average molecular weight is 393 g/mol. The molecule has 3 nitrogen and oxygen atoms in total. The van der Waals surface area contributed by atoms with Crippen LogP contribution in [0.15, 0.2) is 35.3 Å². The first-order valence-electron chi connectivity index (χ1n) is 7.51. The lowest BCUT2D eigenvalue weighted by atomic mass is 9.98. The van der Waals surface area contributed by atoms with Crippen molar-refractivity contribution < 1.29 is 17.9 Å². The Hall–Kier alpha value is -1.05. The number of hydrogen-bond acceptors (Lipinski definition) is 3. The molecule has 128 valence electrons. The highest BCUT2D eigenvalue weighted by Gasteiger charge is 2.34. The van der Waals surface area contributed by atoms with Crippen molar-refractivity contribution in [2.24, 2.45) is 0 Å². The van der Waals surface area contributed by atoms with E-state index in [0.717, 1.165) is 37.1 Å². The topological polar surface area (TPSA) is 24.5 Å². The standard InChI is InChI=1S/C16H20BrF3N2O/c1-2-3-4-14(22-9-7-21-8-10-22)13-11-12(17)5-6-15(13)23-16(18,19)20/h2,5-6,11,14,21H,1,3-4,7-10H2/t14-/m1/s1. The van der Waals surface area contributed by atoms with Gasteiger partial charge in [-0.25, -0.2) is 0 Å². The fourth-order valence-electron chi connectivity index (χ4n) is 2.80. The van der Waals surface area contributed by atoms with E-state index in [2.05, 4.69) is 37.5 Å². The predicted octanol–water partition coefficient (Wildman–Crippen LogP) is 4.26. The van der Waals surface area contributed by atoms with Gasteiger partial charge in [0.1, 0.15) is 5.75 Å². The second kappa shape index (κ2) is 8.17. The van der Waals surface area contributed by atoms with Crippen molar-refractivity contribution in [3.05, 3.63) is 40.9 Å². The van der Waals surface area contributed by atoms with E-state index < -0.39 is 6.36 Å². The zero-order valence-corrected chi connectivity index (χ0v) is 14.3. The van der Waals surface area contributed by atoms with Crippen molar-refractivity contribution in [1.29, 1.82) is 0 Å². The maximum atomic E-state index is 12.7. The molecular formula is C16H20BrF3N2O. The number of rotatable bonds is 6. The number of allylic oxidation sites excluding steroid dienone is 1. The van der Waals surface area contributed by atoms with E-state index >= 15 is 0 Å². The van der Waals surface area contributed by atoms with Crippen LogP contribution >= 0.6 is 15.9 Å². The molecule has 1 aliphatic rings. The summed E-state index contributed by atoms with van der Waals surface area (Å²) in [4.78, 5) is 2.20. The highest BCUT2D eigenvalue weighted by molar-refractivity contribution is 9.10. The van der Waals surface area contributed by atoms with Gasteiger partial charge in [-0.15, -0.1) is 19.8 Å². The third-order valence-electron chi connectivity index (χ3n) is 3.79. The van der Waals surface area contributed by atoms with Gasteiger partial charge in [0.05, 0.1) is 0 Å². The van der Waals surface area contributed by atoms with Crippen molar-refractivity contribution in [1.82, 2.24) is 10.2 Å². The molecule has 1 heterocycles. The Balaban J connectivity index is 2.34. The molecule has 2 rings (SSSR count). The second-order valence-corrected chi connectivity index (χ2v) is 6.31. The Labute approximate surface area is 142 Å². The first-order valence-corrected chi connectivity index (χ1v) is 8.31. The Morgan fingerprint density at radius 1 is 1.35 bits per heavy atom. The van der Waals surface area contributed by atoms with E-state index in [9.17, 15) is 13.2 Å². The number of nitrogens with one attached hydrogen (secondary N) is 1. The summed E-state index contributed by atoms with van der Waals surface area (Å²) in [5.41, 5.74) is 0.556. The summed E-state index contributed by atoms with van der Waals surface area (Å²) < 4.78 is 43.1. The number of benzene rings is 1. The van der Waals surface area contributed by atoms with E-state index in [1.54, 1.807) is 18.2 Å². The van der Waals surface area contributed by atoms with Crippen LogP contribution in [0.2, 0.25) is 0 Å². The second-order valence-electron chi connectivity index (χ2n) is 5.40. The molecule has 1 aliphatic heterocycles. The predicted molar refractivity (Wildman–Crippen MR) is 87.4 cm³/mol. The fraction of sp³-hybridized carbons (Fsp3) is 0.500. The number of halogens is 4. The first-order chi connectivity index (χ1) is 10.9. The van der Waals surface area contributed by atoms with Gasteiger partial charge in [0.15, 0.2) is 0 Å². The largest absolute Gasteiger partial charge is 0.573 e.